The van der Waals surface area contributed by atoms with Crippen LogP contribution in [0.15, 0.2) is 41.2 Å². The molecule has 1 aromatic heterocycles. The summed E-state index contributed by atoms with van der Waals surface area (Å²) in [6.45, 7) is 3.80. The van der Waals surface area contributed by atoms with E-state index in [1.165, 1.54) is 42.1 Å². The molecule has 6 heteroatoms. The summed E-state index contributed by atoms with van der Waals surface area (Å²) in [6, 6.07) is 11.6. The molecule has 4 rings (SSSR count). The normalized spacial score (nSPS) is 17.6. The molecule has 0 unspecified atom stereocenters. The minimum absolute atomic E-state index is 0.0124. The number of benzene rings is 1. The molecule has 28 heavy (non-hydrogen) atoms. The molecule has 2 aromatic rings. The van der Waals surface area contributed by atoms with Crippen molar-refractivity contribution in [3.05, 3.63) is 46.8 Å². The molecule has 2 aliphatic heterocycles. The zero-order chi connectivity index (χ0) is 19.3. The van der Waals surface area contributed by atoms with Crippen LogP contribution in [0.1, 0.15) is 38.5 Å². The highest BCUT2D eigenvalue weighted by Gasteiger charge is 2.18. The van der Waals surface area contributed by atoms with Gasteiger partial charge in [0.15, 0.2) is 0 Å². The minimum atomic E-state index is -0.237. The van der Waals surface area contributed by atoms with E-state index in [9.17, 15) is 9.59 Å². The van der Waals surface area contributed by atoms with Gasteiger partial charge in [-0.1, -0.05) is 12.1 Å². The second-order valence-electron chi connectivity index (χ2n) is 7.75. The maximum atomic E-state index is 12.5. The van der Waals surface area contributed by atoms with Crippen LogP contribution in [0.2, 0.25) is 0 Å². The molecule has 1 aromatic carbocycles. The number of aromatic nitrogens is 2. The van der Waals surface area contributed by atoms with Gasteiger partial charge in [-0.15, -0.1) is 0 Å². The monoisotopic (exact) mass is 380 g/mol. The van der Waals surface area contributed by atoms with E-state index in [4.69, 9.17) is 0 Å². The van der Waals surface area contributed by atoms with Gasteiger partial charge in [0.25, 0.3) is 5.56 Å². The zero-order valence-corrected chi connectivity index (χ0v) is 16.3. The Morgan fingerprint density at radius 2 is 1.46 bits per heavy atom. The molecule has 2 saturated heterocycles. The van der Waals surface area contributed by atoms with E-state index < -0.39 is 0 Å². The van der Waals surface area contributed by atoms with Gasteiger partial charge in [-0.2, -0.15) is 5.10 Å². The first kappa shape index (κ1) is 18.7. The van der Waals surface area contributed by atoms with E-state index in [-0.39, 0.29) is 18.0 Å². The van der Waals surface area contributed by atoms with Crippen molar-refractivity contribution in [3.63, 3.8) is 0 Å². The number of amides is 1. The van der Waals surface area contributed by atoms with Gasteiger partial charge >= 0.3 is 0 Å². The summed E-state index contributed by atoms with van der Waals surface area (Å²) in [7, 11) is 0. The molecule has 3 heterocycles. The molecular formula is C22H28N4O2. The Balaban J connectivity index is 1.49. The van der Waals surface area contributed by atoms with Crippen LogP contribution in [-0.4, -0.2) is 46.8 Å². The number of carbonyl (C=O) groups excluding carboxylic acids is 1. The van der Waals surface area contributed by atoms with E-state index in [0.29, 0.717) is 0 Å². The van der Waals surface area contributed by atoms with Gasteiger partial charge < -0.3 is 9.80 Å². The Hall–Kier alpha value is -2.63. The van der Waals surface area contributed by atoms with Crippen LogP contribution >= 0.6 is 0 Å². The summed E-state index contributed by atoms with van der Waals surface area (Å²) in [6.07, 6.45) is 7.06. The second-order valence-corrected chi connectivity index (χ2v) is 7.75. The maximum absolute atomic E-state index is 12.5. The van der Waals surface area contributed by atoms with Gasteiger partial charge in [0.05, 0.1) is 5.69 Å². The summed E-state index contributed by atoms with van der Waals surface area (Å²) in [5.74, 6) is -0.0214. The number of anilines is 1. The maximum Gasteiger partial charge on any atom is 0.267 e. The molecule has 0 radical (unpaired) electrons. The highest BCUT2D eigenvalue weighted by molar-refractivity contribution is 5.76. The summed E-state index contributed by atoms with van der Waals surface area (Å²) in [5, 5.41) is 4.46. The Kier molecular flexibility index (Phi) is 5.74. The second kappa shape index (κ2) is 8.59. The van der Waals surface area contributed by atoms with Crippen molar-refractivity contribution in [2.45, 2.75) is 45.1 Å². The largest absolute Gasteiger partial charge is 0.372 e. The van der Waals surface area contributed by atoms with Crippen LogP contribution in [0.25, 0.3) is 11.3 Å². The standard InChI is InChI=1S/C22H28N4O2/c27-21-12-11-20(23-26(21)17-22(28)25-15-5-2-6-16-25)18-7-9-19(10-8-18)24-13-3-1-4-14-24/h7-12H,1-6,13-17H2. The Morgan fingerprint density at radius 1 is 0.821 bits per heavy atom. The number of nitrogens with zero attached hydrogens (tertiary/aromatic N) is 4. The van der Waals surface area contributed by atoms with Crippen molar-refractivity contribution in [1.29, 1.82) is 0 Å². The van der Waals surface area contributed by atoms with E-state index in [2.05, 4.69) is 22.1 Å². The first-order valence-corrected chi connectivity index (χ1v) is 10.4. The van der Waals surface area contributed by atoms with Crippen molar-refractivity contribution in [2.75, 3.05) is 31.1 Å². The fourth-order valence-corrected chi connectivity index (χ4v) is 4.08. The van der Waals surface area contributed by atoms with Gasteiger partial charge in [0.2, 0.25) is 5.91 Å². The first-order chi connectivity index (χ1) is 13.7. The summed E-state index contributed by atoms with van der Waals surface area (Å²) in [5.41, 5.74) is 2.67. The van der Waals surface area contributed by atoms with Crippen LogP contribution in [0, 0.1) is 0 Å². The minimum Gasteiger partial charge on any atom is -0.372 e. The summed E-state index contributed by atoms with van der Waals surface area (Å²) in [4.78, 5) is 29.0. The lowest BCUT2D eigenvalue weighted by Crippen LogP contribution is -2.40. The van der Waals surface area contributed by atoms with Crippen molar-refractivity contribution >= 4 is 11.6 Å². The third kappa shape index (κ3) is 4.26. The van der Waals surface area contributed by atoms with Gasteiger partial charge in [0, 0.05) is 43.5 Å². The van der Waals surface area contributed by atoms with Crippen molar-refractivity contribution in [2.24, 2.45) is 0 Å². The fraction of sp³-hybridized carbons (Fsp3) is 0.500. The van der Waals surface area contributed by atoms with Crippen molar-refractivity contribution < 1.29 is 4.79 Å². The molecule has 0 saturated carbocycles. The quantitative estimate of drug-likeness (QED) is 0.818. The molecule has 0 N–H and O–H groups in total. The highest BCUT2D eigenvalue weighted by Crippen LogP contribution is 2.23. The smallest absolute Gasteiger partial charge is 0.267 e. The van der Waals surface area contributed by atoms with Gasteiger partial charge in [-0.25, -0.2) is 4.68 Å². The third-order valence-corrected chi connectivity index (χ3v) is 5.74. The molecule has 148 valence electrons. The Morgan fingerprint density at radius 3 is 2.14 bits per heavy atom. The number of rotatable bonds is 4. The number of carbonyl (C=O) groups is 1. The molecule has 1 amide bonds. The SMILES string of the molecule is O=C(Cn1nc(-c2ccc(N3CCCCC3)cc2)ccc1=O)N1CCCCC1. The molecule has 2 aliphatic rings. The predicted octanol–water partition coefficient (Wildman–Crippen LogP) is 2.91. The number of hydrogen-bond donors (Lipinski definition) is 0. The van der Waals surface area contributed by atoms with Gasteiger partial charge in [-0.05, 0) is 56.7 Å². The average molecular weight is 380 g/mol. The Bertz CT molecular complexity index is 863. The number of piperidine rings is 2. The lowest BCUT2D eigenvalue weighted by molar-refractivity contribution is -0.133. The molecule has 2 fully saturated rings. The number of likely N-dealkylation sites (tertiary alicyclic amines) is 1. The summed E-state index contributed by atoms with van der Waals surface area (Å²) >= 11 is 0. The third-order valence-electron chi connectivity index (χ3n) is 5.74. The summed E-state index contributed by atoms with van der Waals surface area (Å²) < 4.78 is 1.30. The fourth-order valence-electron chi connectivity index (χ4n) is 4.08. The van der Waals surface area contributed by atoms with Crippen molar-refractivity contribution in [3.8, 4) is 11.3 Å². The first-order valence-electron chi connectivity index (χ1n) is 10.4. The zero-order valence-electron chi connectivity index (χ0n) is 16.3. The lowest BCUT2D eigenvalue weighted by atomic mass is 10.1. The topological polar surface area (TPSA) is 58.4 Å². The van der Waals surface area contributed by atoms with E-state index in [1.807, 2.05) is 17.0 Å². The van der Waals surface area contributed by atoms with Crippen LogP contribution in [-0.2, 0) is 11.3 Å². The molecule has 0 atom stereocenters. The molecular weight excluding hydrogens is 352 g/mol. The molecule has 6 nitrogen and oxygen atoms in total. The van der Waals surface area contributed by atoms with Gasteiger partial charge in [0.1, 0.15) is 6.54 Å². The lowest BCUT2D eigenvalue weighted by Gasteiger charge is -2.28. The predicted molar refractivity (Wildman–Crippen MR) is 110 cm³/mol. The molecule has 0 aliphatic carbocycles. The van der Waals surface area contributed by atoms with Crippen LogP contribution in [0.4, 0.5) is 5.69 Å². The Labute approximate surface area is 165 Å². The van der Waals surface area contributed by atoms with E-state index >= 15 is 0 Å². The van der Waals surface area contributed by atoms with Crippen molar-refractivity contribution in [1.82, 2.24) is 14.7 Å². The van der Waals surface area contributed by atoms with E-state index in [0.717, 1.165) is 50.3 Å². The van der Waals surface area contributed by atoms with Crippen LogP contribution < -0.4 is 10.5 Å². The molecule has 0 bridgehead atoms. The van der Waals surface area contributed by atoms with Crippen LogP contribution in [0.5, 0.6) is 0 Å². The highest BCUT2D eigenvalue weighted by atomic mass is 16.2. The van der Waals surface area contributed by atoms with Crippen LogP contribution in [0.3, 0.4) is 0 Å². The molecule has 0 spiro atoms. The van der Waals surface area contributed by atoms with E-state index in [1.54, 1.807) is 6.07 Å². The average Bonchev–Trinajstić information content (AvgIpc) is 2.76. The van der Waals surface area contributed by atoms with Gasteiger partial charge in [-0.3, -0.25) is 9.59 Å². The number of hydrogen-bond acceptors (Lipinski definition) is 4.